The van der Waals surface area contributed by atoms with E-state index in [1.165, 1.54) is 24.0 Å². The van der Waals surface area contributed by atoms with Gasteiger partial charge in [0.1, 0.15) is 21.7 Å². The number of aromatic carboxylic acids is 1. The van der Waals surface area contributed by atoms with E-state index in [2.05, 4.69) is 34.2 Å². The van der Waals surface area contributed by atoms with Crippen LogP contribution in [0.5, 0.6) is 5.75 Å². The van der Waals surface area contributed by atoms with Crippen molar-refractivity contribution in [3.8, 4) is 11.8 Å². The lowest BCUT2D eigenvalue weighted by Gasteiger charge is -2.27. The minimum Gasteiger partial charge on any atom is -0.495 e. The topological polar surface area (TPSA) is 116 Å². The highest BCUT2D eigenvalue weighted by Crippen LogP contribution is 2.49. The van der Waals surface area contributed by atoms with Gasteiger partial charge in [-0.1, -0.05) is 24.3 Å². The van der Waals surface area contributed by atoms with Crippen molar-refractivity contribution in [2.75, 3.05) is 13.7 Å². The van der Waals surface area contributed by atoms with Gasteiger partial charge in [-0.3, -0.25) is 9.78 Å². The van der Waals surface area contributed by atoms with E-state index in [0.717, 1.165) is 24.2 Å². The monoisotopic (exact) mass is 516 g/mol. The molecule has 0 aliphatic heterocycles. The first kappa shape index (κ1) is 24.9. The van der Waals surface area contributed by atoms with E-state index in [9.17, 15) is 20.0 Å². The molecule has 3 aromatic rings. The molecule has 0 radical (unpaired) electrons. The molecule has 1 amide bonds. The molecule has 0 saturated heterocycles. The van der Waals surface area contributed by atoms with Gasteiger partial charge in [0.2, 0.25) is 5.91 Å². The zero-order chi connectivity index (χ0) is 26.0. The Bertz CT molecular complexity index is 1350. The van der Waals surface area contributed by atoms with Gasteiger partial charge in [-0.25, -0.2) is 9.78 Å². The second-order valence-electron chi connectivity index (χ2n) is 9.72. The van der Waals surface area contributed by atoms with Crippen LogP contribution in [0, 0.1) is 11.3 Å². The molecule has 8 nitrogen and oxygen atoms in total. The molecule has 2 aliphatic carbocycles. The summed E-state index contributed by atoms with van der Waals surface area (Å²) in [7, 11) is 1.58. The average molecular weight is 517 g/mol. The van der Waals surface area contributed by atoms with E-state index in [1.807, 2.05) is 18.2 Å². The van der Waals surface area contributed by atoms with Gasteiger partial charge in [0.05, 0.1) is 31.0 Å². The Labute approximate surface area is 219 Å². The number of methoxy groups -OCH3 is 1. The highest BCUT2D eigenvalue weighted by Gasteiger charge is 2.54. The molecule has 2 heterocycles. The molecule has 2 fully saturated rings. The number of carbonyl (C=O) groups is 2. The first-order chi connectivity index (χ1) is 17.9. The molecule has 5 rings (SSSR count). The van der Waals surface area contributed by atoms with E-state index in [-0.39, 0.29) is 23.0 Å². The van der Waals surface area contributed by atoms with Crippen LogP contribution in [0.2, 0.25) is 0 Å². The van der Waals surface area contributed by atoms with Crippen molar-refractivity contribution in [2.24, 2.45) is 0 Å². The van der Waals surface area contributed by atoms with Crippen molar-refractivity contribution in [3.63, 3.8) is 0 Å². The minimum atomic E-state index is -1.24. The number of aryl methyl sites for hydroxylation is 1. The number of nitrogens with zero attached hydrogens (tertiary/aromatic N) is 4. The number of benzene rings is 1. The number of aromatic nitrogens is 2. The van der Waals surface area contributed by atoms with Gasteiger partial charge < -0.3 is 14.7 Å². The van der Waals surface area contributed by atoms with Crippen LogP contribution in [0.15, 0.2) is 42.6 Å². The summed E-state index contributed by atoms with van der Waals surface area (Å²) in [5.74, 6) is 0.0359. The quantitative estimate of drug-likeness (QED) is 0.393. The first-order valence-electron chi connectivity index (χ1n) is 12.5. The molecule has 0 spiro atoms. The second kappa shape index (κ2) is 10.3. The summed E-state index contributed by atoms with van der Waals surface area (Å²) in [6.07, 6.45) is 7.13. The second-order valence-corrected chi connectivity index (χ2v) is 10.8. The number of nitriles is 1. The number of ether oxygens (including phenoxy) is 1. The molecule has 1 N–H and O–H groups in total. The Kier molecular flexibility index (Phi) is 6.94. The van der Waals surface area contributed by atoms with Crippen molar-refractivity contribution >= 4 is 23.2 Å². The predicted octanol–water partition coefficient (Wildman–Crippen LogP) is 4.69. The molecule has 2 saturated carbocycles. The Balaban J connectivity index is 1.36. The van der Waals surface area contributed by atoms with Crippen LogP contribution in [0.4, 0.5) is 0 Å². The van der Waals surface area contributed by atoms with E-state index in [1.54, 1.807) is 18.2 Å². The van der Waals surface area contributed by atoms with Crippen LogP contribution in [0.1, 0.15) is 75.2 Å². The van der Waals surface area contributed by atoms with Crippen LogP contribution in [0.3, 0.4) is 0 Å². The molecule has 37 heavy (non-hydrogen) atoms. The van der Waals surface area contributed by atoms with Crippen LogP contribution in [0.25, 0.3) is 0 Å². The molecular weight excluding hydrogens is 488 g/mol. The maximum atomic E-state index is 13.9. The molecular formula is C28H28N4O4S. The number of hydrogen-bond donors (Lipinski definition) is 1. The van der Waals surface area contributed by atoms with Crippen LogP contribution < -0.4 is 4.74 Å². The van der Waals surface area contributed by atoms with Crippen molar-refractivity contribution in [3.05, 3.63) is 75.0 Å². The third-order valence-electron chi connectivity index (χ3n) is 7.10. The Morgan fingerprint density at radius 2 is 2.08 bits per heavy atom. The zero-order valence-corrected chi connectivity index (χ0v) is 21.5. The van der Waals surface area contributed by atoms with Crippen LogP contribution in [-0.4, -0.2) is 45.5 Å². The van der Waals surface area contributed by atoms with E-state index < -0.39 is 11.4 Å². The summed E-state index contributed by atoms with van der Waals surface area (Å²) in [5.41, 5.74) is 2.40. The number of carboxylic acids is 1. The highest BCUT2D eigenvalue weighted by molar-refractivity contribution is 7.12. The normalized spacial score (nSPS) is 15.6. The zero-order valence-electron chi connectivity index (χ0n) is 20.6. The van der Waals surface area contributed by atoms with Gasteiger partial charge in [-0.2, -0.15) is 5.26 Å². The minimum absolute atomic E-state index is 0.0394. The number of pyridine rings is 1. The molecule has 190 valence electrons. The van der Waals surface area contributed by atoms with Crippen LogP contribution >= 0.6 is 11.3 Å². The molecule has 9 heteroatoms. The number of thiazole rings is 1. The molecule has 2 aromatic heterocycles. The molecule has 1 aromatic carbocycles. The largest absolute Gasteiger partial charge is 0.495 e. The summed E-state index contributed by atoms with van der Waals surface area (Å²) < 4.78 is 5.22. The smallest absolute Gasteiger partial charge is 0.356 e. The fourth-order valence-electron chi connectivity index (χ4n) is 4.75. The third kappa shape index (κ3) is 5.35. The fourth-order valence-corrected chi connectivity index (χ4v) is 5.62. The number of amides is 1. The summed E-state index contributed by atoms with van der Waals surface area (Å²) in [5, 5.41) is 19.2. The standard InChI is InChI=1S/C28H28N4O4S/c1-36-21-9-10-23(30-16-21)28(11-12-28)27(35)32(17-24-31-25(26(33)34)22(15-29)37-24)13-3-5-18-4-2-6-20(14-18)19-7-8-19/h2,4,6,9-10,14,16,19H,3,5,7-8,11-13,17H2,1H3,(H,33,34). The van der Waals surface area contributed by atoms with Gasteiger partial charge in [0.15, 0.2) is 5.69 Å². The first-order valence-corrected chi connectivity index (χ1v) is 13.3. The number of carboxylic acid groups (broad SMARTS) is 1. The lowest BCUT2D eigenvalue weighted by atomic mass is 9.99. The Hall–Kier alpha value is -3.77. The van der Waals surface area contributed by atoms with Gasteiger partial charge in [0, 0.05) is 6.54 Å². The van der Waals surface area contributed by atoms with Crippen molar-refractivity contribution in [1.29, 1.82) is 5.26 Å². The third-order valence-corrected chi connectivity index (χ3v) is 8.05. The van der Waals surface area contributed by atoms with Crippen molar-refractivity contribution in [1.82, 2.24) is 14.9 Å². The van der Waals surface area contributed by atoms with E-state index >= 15 is 0 Å². The number of hydrogen-bond acceptors (Lipinski definition) is 7. The Morgan fingerprint density at radius 3 is 2.68 bits per heavy atom. The molecule has 0 atom stereocenters. The predicted molar refractivity (Wildman–Crippen MR) is 138 cm³/mol. The van der Waals surface area contributed by atoms with E-state index in [4.69, 9.17) is 4.74 Å². The number of carbonyl (C=O) groups excluding carboxylic acids is 1. The molecule has 0 bridgehead atoms. The van der Waals surface area contributed by atoms with Gasteiger partial charge in [-0.05, 0) is 67.7 Å². The van der Waals surface area contributed by atoms with Crippen LogP contribution in [-0.2, 0) is 23.2 Å². The summed E-state index contributed by atoms with van der Waals surface area (Å²) >= 11 is 1.03. The Morgan fingerprint density at radius 1 is 1.27 bits per heavy atom. The maximum Gasteiger partial charge on any atom is 0.356 e. The number of rotatable bonds is 11. The average Bonchev–Trinajstić information content (AvgIpc) is 3.85. The molecule has 2 aliphatic rings. The summed E-state index contributed by atoms with van der Waals surface area (Å²) in [4.78, 5) is 35.9. The maximum absolute atomic E-state index is 13.9. The lowest BCUT2D eigenvalue weighted by molar-refractivity contribution is -0.134. The fraction of sp³-hybridized carbons (Fsp3) is 0.393. The van der Waals surface area contributed by atoms with E-state index in [0.29, 0.717) is 41.8 Å². The van der Waals surface area contributed by atoms with Crippen molar-refractivity contribution in [2.45, 2.75) is 56.4 Å². The summed E-state index contributed by atoms with van der Waals surface area (Å²) in [6.45, 7) is 0.653. The lowest BCUT2D eigenvalue weighted by Crippen LogP contribution is -2.40. The highest BCUT2D eigenvalue weighted by atomic mass is 32.1. The van der Waals surface area contributed by atoms with Crippen molar-refractivity contribution < 1.29 is 19.4 Å². The summed E-state index contributed by atoms with van der Waals surface area (Å²) in [6, 6.07) is 14.2. The van der Waals surface area contributed by atoms with Gasteiger partial charge in [0.25, 0.3) is 0 Å². The van der Waals surface area contributed by atoms with Gasteiger partial charge >= 0.3 is 5.97 Å². The molecule has 0 unspecified atom stereocenters. The van der Waals surface area contributed by atoms with Gasteiger partial charge in [-0.15, -0.1) is 11.3 Å². The SMILES string of the molecule is COc1ccc(C2(C(=O)N(CCCc3cccc(C4CC4)c3)Cc3nc(C(=O)O)c(C#N)s3)CC2)nc1.